The highest BCUT2D eigenvalue weighted by atomic mass is 15.0. The molecule has 2 heterocycles. The van der Waals surface area contributed by atoms with E-state index in [2.05, 4.69) is 28.8 Å². The summed E-state index contributed by atoms with van der Waals surface area (Å²) in [7, 11) is 0. The van der Waals surface area contributed by atoms with Gasteiger partial charge >= 0.3 is 0 Å². The molecule has 2 aromatic rings. The number of aryl methyl sites for hydroxylation is 1. The summed E-state index contributed by atoms with van der Waals surface area (Å²) in [5.41, 5.74) is 9.24. The smallest absolute Gasteiger partial charge is 0.177 e. The molecular formula is C13H18N4. The van der Waals surface area contributed by atoms with Crippen LogP contribution in [0, 0.1) is 6.92 Å². The first-order valence-electron chi connectivity index (χ1n) is 6.18. The van der Waals surface area contributed by atoms with E-state index in [0.29, 0.717) is 0 Å². The zero-order valence-electron chi connectivity index (χ0n) is 10.3. The lowest BCUT2D eigenvalue weighted by molar-refractivity contribution is 0.408. The molecule has 2 atom stereocenters. The summed E-state index contributed by atoms with van der Waals surface area (Å²) in [5, 5.41) is 0. The molecule has 4 nitrogen and oxygen atoms in total. The Balaban J connectivity index is 2.15. The minimum atomic E-state index is -0.0207. The van der Waals surface area contributed by atoms with Gasteiger partial charge in [0.25, 0.3) is 0 Å². The molecule has 0 saturated heterocycles. The van der Waals surface area contributed by atoms with Gasteiger partial charge in [-0.15, -0.1) is 0 Å². The number of H-pyrrole nitrogens is 1. The average molecular weight is 230 g/mol. The van der Waals surface area contributed by atoms with Gasteiger partial charge in [0.05, 0.1) is 5.52 Å². The number of pyridine rings is 1. The first-order chi connectivity index (χ1) is 8.11. The summed E-state index contributed by atoms with van der Waals surface area (Å²) < 4.78 is 0. The van der Waals surface area contributed by atoms with Crippen molar-refractivity contribution in [3.63, 3.8) is 0 Å². The van der Waals surface area contributed by atoms with E-state index in [9.17, 15) is 0 Å². The maximum Gasteiger partial charge on any atom is 0.177 e. The molecule has 3 N–H and O–H groups in total. The van der Waals surface area contributed by atoms with E-state index >= 15 is 0 Å². The molecule has 0 aromatic carbocycles. The predicted molar refractivity (Wildman–Crippen MR) is 67.8 cm³/mol. The third-order valence-corrected chi connectivity index (χ3v) is 4.17. The van der Waals surface area contributed by atoms with Gasteiger partial charge in [-0.25, -0.2) is 9.97 Å². The number of hydrogen-bond acceptors (Lipinski definition) is 3. The summed E-state index contributed by atoms with van der Waals surface area (Å²) in [6.45, 7) is 4.28. The lowest BCUT2D eigenvalue weighted by atomic mass is 9.84. The molecule has 2 aromatic heterocycles. The molecular weight excluding hydrogens is 212 g/mol. The topological polar surface area (TPSA) is 67.6 Å². The number of rotatable bonds is 1. The van der Waals surface area contributed by atoms with Crippen LogP contribution in [0.25, 0.3) is 11.2 Å². The zero-order valence-corrected chi connectivity index (χ0v) is 10.3. The predicted octanol–water partition coefficient (Wildman–Crippen LogP) is 2.04. The van der Waals surface area contributed by atoms with Crippen molar-refractivity contribution in [3.8, 4) is 0 Å². The van der Waals surface area contributed by atoms with Crippen molar-refractivity contribution in [2.75, 3.05) is 0 Å². The van der Waals surface area contributed by atoms with Gasteiger partial charge in [0.1, 0.15) is 5.82 Å². The Kier molecular flexibility index (Phi) is 2.23. The van der Waals surface area contributed by atoms with Gasteiger partial charge in [-0.1, -0.05) is 13.3 Å². The Morgan fingerprint density at radius 1 is 1.53 bits per heavy atom. The number of aromatic amines is 1. The summed E-state index contributed by atoms with van der Waals surface area (Å²) in [5.74, 6) is 0.999. The highest BCUT2D eigenvalue weighted by Crippen LogP contribution is 2.38. The van der Waals surface area contributed by atoms with Crippen LogP contribution < -0.4 is 5.73 Å². The van der Waals surface area contributed by atoms with Crippen molar-refractivity contribution in [2.45, 2.75) is 44.6 Å². The van der Waals surface area contributed by atoms with Crippen LogP contribution in [-0.4, -0.2) is 21.0 Å². The van der Waals surface area contributed by atoms with E-state index in [4.69, 9.17) is 5.73 Å². The molecule has 0 bridgehead atoms. The maximum absolute atomic E-state index is 6.22. The molecule has 0 spiro atoms. The lowest BCUT2D eigenvalue weighted by Crippen LogP contribution is -2.39. The summed E-state index contributed by atoms with van der Waals surface area (Å²) in [6.07, 6.45) is 5.17. The number of fused-ring (bicyclic) bond motifs is 1. The minimum Gasteiger partial charge on any atom is -0.340 e. The number of imidazole rings is 1. The largest absolute Gasteiger partial charge is 0.340 e. The molecule has 0 aliphatic heterocycles. The number of aromatic nitrogens is 3. The summed E-state index contributed by atoms with van der Waals surface area (Å²) in [4.78, 5) is 12.4. The van der Waals surface area contributed by atoms with Gasteiger partial charge < -0.3 is 10.7 Å². The van der Waals surface area contributed by atoms with Crippen LogP contribution in [0.1, 0.15) is 37.6 Å². The van der Waals surface area contributed by atoms with Crippen LogP contribution in [0.5, 0.6) is 0 Å². The highest BCUT2D eigenvalue weighted by molar-refractivity contribution is 5.74. The van der Waals surface area contributed by atoms with E-state index in [1.54, 1.807) is 6.20 Å². The molecule has 2 unspecified atom stereocenters. The average Bonchev–Trinajstić information content (AvgIpc) is 2.86. The second-order valence-corrected chi connectivity index (χ2v) is 5.33. The highest BCUT2D eigenvalue weighted by Gasteiger charge is 2.40. The standard InChI is InChI=1S/C13H18N4/c1-8-5-7-15-11-10(8)16-12(17-11)13(2)6-3-4-9(13)14/h5,7,9H,3-4,6,14H2,1-2H3,(H,15,16,17). The Labute approximate surface area is 101 Å². The first-order valence-corrected chi connectivity index (χ1v) is 6.18. The van der Waals surface area contributed by atoms with Gasteiger partial charge in [-0.05, 0) is 31.4 Å². The number of nitrogens with zero attached hydrogens (tertiary/aromatic N) is 2. The normalized spacial score (nSPS) is 29.0. The fourth-order valence-corrected chi connectivity index (χ4v) is 2.79. The van der Waals surface area contributed by atoms with Crippen LogP contribution in [0.3, 0.4) is 0 Å². The molecule has 1 aliphatic carbocycles. The molecule has 1 aliphatic rings. The van der Waals surface area contributed by atoms with Gasteiger partial charge in [0.2, 0.25) is 0 Å². The van der Waals surface area contributed by atoms with Crippen molar-refractivity contribution in [1.82, 2.24) is 15.0 Å². The van der Waals surface area contributed by atoms with Gasteiger partial charge in [-0.3, -0.25) is 0 Å². The van der Waals surface area contributed by atoms with Gasteiger partial charge in [0, 0.05) is 17.7 Å². The van der Waals surface area contributed by atoms with Crippen LogP contribution in [-0.2, 0) is 5.41 Å². The Morgan fingerprint density at radius 2 is 2.35 bits per heavy atom. The molecule has 1 saturated carbocycles. The van der Waals surface area contributed by atoms with Crippen molar-refractivity contribution >= 4 is 11.2 Å². The summed E-state index contributed by atoms with van der Waals surface area (Å²) in [6, 6.07) is 2.20. The van der Waals surface area contributed by atoms with E-state index in [1.807, 2.05) is 6.07 Å². The molecule has 4 heteroatoms. The number of hydrogen-bond donors (Lipinski definition) is 2. The quantitative estimate of drug-likeness (QED) is 0.787. The maximum atomic E-state index is 6.22. The molecule has 3 rings (SSSR count). The third-order valence-electron chi connectivity index (χ3n) is 4.17. The van der Waals surface area contributed by atoms with Crippen molar-refractivity contribution in [1.29, 1.82) is 0 Å². The lowest BCUT2D eigenvalue weighted by Gasteiger charge is -2.26. The molecule has 0 amide bonds. The Bertz CT molecular complexity index is 560. The monoisotopic (exact) mass is 230 g/mol. The van der Waals surface area contributed by atoms with Gasteiger partial charge in [-0.2, -0.15) is 0 Å². The number of nitrogens with one attached hydrogen (secondary N) is 1. The van der Waals surface area contributed by atoms with Crippen LogP contribution in [0.15, 0.2) is 12.3 Å². The SMILES string of the molecule is Cc1ccnc2nc(C3(C)CCCC3N)[nH]c12. The van der Waals surface area contributed by atoms with Crippen molar-refractivity contribution < 1.29 is 0 Å². The zero-order chi connectivity index (χ0) is 12.0. The van der Waals surface area contributed by atoms with E-state index in [0.717, 1.165) is 29.8 Å². The number of nitrogens with two attached hydrogens (primary N) is 1. The Hall–Kier alpha value is -1.42. The van der Waals surface area contributed by atoms with Crippen LogP contribution in [0.2, 0.25) is 0 Å². The van der Waals surface area contributed by atoms with E-state index in [1.165, 1.54) is 12.0 Å². The summed E-state index contributed by atoms with van der Waals surface area (Å²) >= 11 is 0. The fourth-order valence-electron chi connectivity index (χ4n) is 2.79. The van der Waals surface area contributed by atoms with Crippen LogP contribution in [0.4, 0.5) is 0 Å². The minimum absolute atomic E-state index is 0.0207. The second kappa shape index (κ2) is 3.53. The van der Waals surface area contributed by atoms with Gasteiger partial charge in [0.15, 0.2) is 5.65 Å². The van der Waals surface area contributed by atoms with Crippen LogP contribution >= 0.6 is 0 Å². The van der Waals surface area contributed by atoms with E-state index < -0.39 is 0 Å². The van der Waals surface area contributed by atoms with Crippen molar-refractivity contribution in [2.24, 2.45) is 5.73 Å². The van der Waals surface area contributed by atoms with E-state index in [-0.39, 0.29) is 11.5 Å². The first kappa shape index (κ1) is 10.7. The molecule has 0 radical (unpaired) electrons. The second-order valence-electron chi connectivity index (χ2n) is 5.33. The fraction of sp³-hybridized carbons (Fsp3) is 0.538. The Morgan fingerprint density at radius 3 is 3.00 bits per heavy atom. The molecule has 90 valence electrons. The molecule has 1 fully saturated rings. The van der Waals surface area contributed by atoms with Crippen molar-refractivity contribution in [3.05, 3.63) is 23.7 Å². The third kappa shape index (κ3) is 1.47. The molecule has 17 heavy (non-hydrogen) atoms.